The first-order valence-electron chi connectivity index (χ1n) is 6.89. The first kappa shape index (κ1) is 15.9. The molecule has 0 heterocycles. The van der Waals surface area contributed by atoms with Crippen molar-refractivity contribution >= 4 is 26.0 Å². The second-order valence-corrected chi connectivity index (χ2v) is 7.93. The highest BCUT2D eigenvalue weighted by atomic mass is 79.9. The van der Waals surface area contributed by atoms with Crippen molar-refractivity contribution in [1.82, 2.24) is 10.0 Å². The molecule has 0 radical (unpaired) electrons. The zero-order valence-electron chi connectivity index (χ0n) is 11.8. The summed E-state index contributed by atoms with van der Waals surface area (Å²) in [7, 11) is -1.60. The molecule has 20 heavy (non-hydrogen) atoms. The van der Waals surface area contributed by atoms with Crippen molar-refractivity contribution in [2.24, 2.45) is 5.92 Å². The molecule has 4 nitrogen and oxygen atoms in total. The molecule has 0 amide bonds. The van der Waals surface area contributed by atoms with Crippen molar-refractivity contribution in [3.8, 4) is 0 Å². The lowest BCUT2D eigenvalue weighted by Crippen LogP contribution is -2.40. The average Bonchev–Trinajstić information content (AvgIpc) is 2.25. The molecule has 2 N–H and O–H groups in total. The van der Waals surface area contributed by atoms with Crippen LogP contribution in [0.2, 0.25) is 0 Å². The summed E-state index contributed by atoms with van der Waals surface area (Å²) >= 11 is 3.36. The molecule has 0 saturated heterocycles. The van der Waals surface area contributed by atoms with Crippen molar-refractivity contribution in [3.63, 3.8) is 0 Å². The second kappa shape index (κ2) is 6.56. The van der Waals surface area contributed by atoms with Crippen molar-refractivity contribution in [2.75, 3.05) is 7.05 Å². The average molecular weight is 361 g/mol. The zero-order chi connectivity index (χ0) is 14.8. The maximum absolute atomic E-state index is 12.4. The quantitative estimate of drug-likeness (QED) is 0.819. The maximum atomic E-state index is 12.4. The van der Waals surface area contributed by atoms with Gasteiger partial charge in [0.1, 0.15) is 0 Å². The zero-order valence-corrected chi connectivity index (χ0v) is 14.2. The summed E-state index contributed by atoms with van der Waals surface area (Å²) in [5.74, 6) is 0.479. The normalized spacial score (nSPS) is 17.8. The van der Waals surface area contributed by atoms with Gasteiger partial charge < -0.3 is 5.32 Å². The third kappa shape index (κ3) is 3.61. The number of hydrogen-bond donors (Lipinski definition) is 2. The summed E-state index contributed by atoms with van der Waals surface area (Å²) in [5, 5.41) is 3.05. The van der Waals surface area contributed by atoms with E-state index in [4.69, 9.17) is 0 Å². The van der Waals surface area contributed by atoms with Crippen LogP contribution in [0, 0.1) is 5.92 Å². The maximum Gasteiger partial charge on any atom is 0.241 e. The third-order valence-corrected chi connectivity index (χ3v) is 6.40. The van der Waals surface area contributed by atoms with Gasteiger partial charge in [-0.1, -0.05) is 12.5 Å². The Hall–Kier alpha value is -0.430. The summed E-state index contributed by atoms with van der Waals surface area (Å²) < 4.78 is 28.2. The minimum atomic E-state index is -3.46. The summed E-state index contributed by atoms with van der Waals surface area (Å²) in [6.45, 7) is 2.66. The molecule has 0 aliphatic heterocycles. The Morgan fingerprint density at radius 1 is 1.40 bits per heavy atom. The first-order valence-corrected chi connectivity index (χ1v) is 9.17. The molecule has 0 spiro atoms. The molecule has 1 aromatic rings. The Balaban J connectivity index is 2.16. The van der Waals surface area contributed by atoms with E-state index in [1.807, 2.05) is 26.1 Å². The van der Waals surface area contributed by atoms with Crippen LogP contribution >= 0.6 is 15.9 Å². The lowest BCUT2D eigenvalue weighted by molar-refractivity contribution is 0.260. The Morgan fingerprint density at radius 3 is 2.60 bits per heavy atom. The number of hydrogen-bond acceptors (Lipinski definition) is 3. The van der Waals surface area contributed by atoms with Crippen molar-refractivity contribution < 1.29 is 8.42 Å². The van der Waals surface area contributed by atoms with Gasteiger partial charge in [-0.15, -0.1) is 0 Å². The molecule has 1 aliphatic rings. The lowest BCUT2D eigenvalue weighted by Gasteiger charge is -2.31. The van der Waals surface area contributed by atoms with Gasteiger partial charge in [-0.2, -0.15) is 0 Å². The first-order chi connectivity index (χ1) is 9.44. The Morgan fingerprint density at radius 2 is 2.10 bits per heavy atom. The summed E-state index contributed by atoms with van der Waals surface area (Å²) in [6, 6.07) is 5.34. The highest BCUT2D eigenvalue weighted by Crippen LogP contribution is 2.31. The van der Waals surface area contributed by atoms with Crippen LogP contribution in [0.1, 0.15) is 31.7 Å². The van der Waals surface area contributed by atoms with Gasteiger partial charge in [-0.3, -0.25) is 0 Å². The number of halogens is 1. The van der Waals surface area contributed by atoms with Crippen LogP contribution in [0.25, 0.3) is 0 Å². The number of nitrogens with one attached hydrogen (secondary N) is 2. The Labute approximate surface area is 129 Å². The number of sulfonamides is 1. The van der Waals surface area contributed by atoms with E-state index in [0.717, 1.165) is 18.4 Å². The van der Waals surface area contributed by atoms with Crippen molar-refractivity contribution in [3.05, 3.63) is 28.2 Å². The van der Waals surface area contributed by atoms with Crippen LogP contribution in [0.15, 0.2) is 27.6 Å². The standard InChI is InChI=1S/C14H21BrN2O2S/c1-10(12-4-3-5-12)17-20(18,19)14-7-6-11(9-16-2)8-13(14)15/h6-8,10,12,16-17H,3-5,9H2,1-2H3. The van der Waals surface area contributed by atoms with Gasteiger partial charge in [-0.05, 0) is 66.4 Å². The van der Waals surface area contributed by atoms with Crippen molar-refractivity contribution in [1.29, 1.82) is 0 Å². The van der Waals surface area contributed by atoms with Gasteiger partial charge in [0.05, 0.1) is 4.90 Å². The van der Waals surface area contributed by atoms with Gasteiger partial charge in [0.25, 0.3) is 0 Å². The minimum absolute atomic E-state index is 0.00219. The van der Waals surface area contributed by atoms with Crippen LogP contribution in [-0.4, -0.2) is 21.5 Å². The summed E-state index contributed by atoms with van der Waals surface area (Å²) in [6.07, 6.45) is 3.44. The second-order valence-electron chi connectivity index (χ2n) is 5.40. The molecule has 1 aromatic carbocycles. The topological polar surface area (TPSA) is 58.2 Å². The van der Waals surface area contributed by atoms with E-state index < -0.39 is 10.0 Å². The molecule has 0 bridgehead atoms. The van der Waals surface area contributed by atoms with Gasteiger partial charge in [0.2, 0.25) is 10.0 Å². The Bertz CT molecular complexity index is 571. The highest BCUT2D eigenvalue weighted by Gasteiger charge is 2.28. The van der Waals surface area contributed by atoms with E-state index in [9.17, 15) is 8.42 Å². The fourth-order valence-electron chi connectivity index (χ4n) is 2.42. The highest BCUT2D eigenvalue weighted by molar-refractivity contribution is 9.10. The molecular formula is C14H21BrN2O2S. The molecule has 0 aromatic heterocycles. The molecule has 1 unspecified atom stereocenters. The molecule has 1 saturated carbocycles. The molecule has 1 fully saturated rings. The number of rotatable bonds is 6. The lowest BCUT2D eigenvalue weighted by atomic mass is 9.81. The fraction of sp³-hybridized carbons (Fsp3) is 0.571. The van der Waals surface area contributed by atoms with E-state index in [0.29, 0.717) is 21.8 Å². The van der Waals surface area contributed by atoms with E-state index in [2.05, 4.69) is 26.0 Å². The summed E-state index contributed by atoms with van der Waals surface area (Å²) in [4.78, 5) is 0.309. The van der Waals surface area contributed by atoms with Gasteiger partial charge in [0.15, 0.2) is 0 Å². The van der Waals surface area contributed by atoms with E-state index in [-0.39, 0.29) is 6.04 Å². The molecule has 6 heteroatoms. The van der Waals surface area contributed by atoms with Crippen LogP contribution < -0.4 is 10.0 Å². The van der Waals surface area contributed by atoms with Crippen LogP contribution in [0.5, 0.6) is 0 Å². The summed E-state index contributed by atoms with van der Waals surface area (Å²) in [5.41, 5.74) is 1.05. The van der Waals surface area contributed by atoms with E-state index in [1.54, 1.807) is 6.07 Å². The predicted molar refractivity (Wildman–Crippen MR) is 84.0 cm³/mol. The Kier molecular flexibility index (Phi) is 5.23. The van der Waals surface area contributed by atoms with Gasteiger partial charge >= 0.3 is 0 Å². The third-order valence-electron chi connectivity index (χ3n) is 3.86. The molecule has 1 aliphatic carbocycles. The largest absolute Gasteiger partial charge is 0.316 e. The smallest absolute Gasteiger partial charge is 0.241 e. The number of benzene rings is 1. The minimum Gasteiger partial charge on any atom is -0.316 e. The predicted octanol–water partition coefficient (Wildman–Crippen LogP) is 2.64. The van der Waals surface area contributed by atoms with E-state index in [1.165, 1.54) is 6.42 Å². The van der Waals surface area contributed by atoms with E-state index >= 15 is 0 Å². The van der Waals surface area contributed by atoms with Gasteiger partial charge in [-0.25, -0.2) is 13.1 Å². The SMILES string of the molecule is CNCc1ccc(S(=O)(=O)NC(C)C2CCC2)c(Br)c1. The van der Waals surface area contributed by atoms with Crippen LogP contribution in [-0.2, 0) is 16.6 Å². The molecule has 2 rings (SSSR count). The van der Waals surface area contributed by atoms with Crippen molar-refractivity contribution in [2.45, 2.75) is 43.7 Å². The van der Waals surface area contributed by atoms with Gasteiger partial charge in [0, 0.05) is 17.1 Å². The van der Waals surface area contributed by atoms with Crippen LogP contribution in [0.3, 0.4) is 0 Å². The fourth-order valence-corrected chi connectivity index (χ4v) is 4.86. The molecule has 112 valence electrons. The molecule has 1 atom stereocenters. The molecular weight excluding hydrogens is 340 g/mol. The monoisotopic (exact) mass is 360 g/mol. The van der Waals surface area contributed by atoms with Crippen LogP contribution in [0.4, 0.5) is 0 Å².